The standard InChI is InChI=1S/C21H33FN4O/c1-4-23-20(24-14-8-10-17-9-7-11-18(22)15-17)25-16-21(12-5-6-13-21)19(27)26(2)3/h7,9,11,15H,4-6,8,10,12-14,16H2,1-3H3,(H2,23,24,25). The highest BCUT2D eigenvalue weighted by atomic mass is 19.1. The largest absolute Gasteiger partial charge is 0.357 e. The van der Waals surface area contributed by atoms with Crippen LogP contribution in [0.1, 0.15) is 44.6 Å². The number of carbonyl (C=O) groups is 1. The van der Waals surface area contributed by atoms with Gasteiger partial charge in [0.05, 0.1) is 12.0 Å². The van der Waals surface area contributed by atoms with Crippen molar-refractivity contribution in [3.8, 4) is 0 Å². The van der Waals surface area contributed by atoms with E-state index in [-0.39, 0.29) is 17.1 Å². The molecule has 1 saturated carbocycles. The molecule has 1 amide bonds. The third-order valence-electron chi connectivity index (χ3n) is 5.13. The second-order valence-corrected chi connectivity index (χ2v) is 7.54. The van der Waals surface area contributed by atoms with Gasteiger partial charge in [0.2, 0.25) is 5.91 Å². The van der Waals surface area contributed by atoms with Crippen LogP contribution in [0.4, 0.5) is 4.39 Å². The van der Waals surface area contributed by atoms with E-state index in [9.17, 15) is 9.18 Å². The Morgan fingerprint density at radius 3 is 2.63 bits per heavy atom. The molecule has 1 aliphatic rings. The van der Waals surface area contributed by atoms with Gasteiger partial charge in [-0.05, 0) is 50.3 Å². The first-order valence-corrected chi connectivity index (χ1v) is 9.95. The van der Waals surface area contributed by atoms with Crippen molar-refractivity contribution in [1.29, 1.82) is 0 Å². The summed E-state index contributed by atoms with van der Waals surface area (Å²) in [6.45, 7) is 4.06. The molecular weight excluding hydrogens is 343 g/mol. The number of hydrogen-bond donors (Lipinski definition) is 2. The third-order valence-corrected chi connectivity index (χ3v) is 5.13. The Morgan fingerprint density at radius 1 is 1.26 bits per heavy atom. The maximum absolute atomic E-state index is 13.2. The number of carbonyl (C=O) groups excluding carboxylic acids is 1. The minimum Gasteiger partial charge on any atom is -0.357 e. The summed E-state index contributed by atoms with van der Waals surface area (Å²) in [7, 11) is 3.64. The van der Waals surface area contributed by atoms with Crippen LogP contribution >= 0.6 is 0 Å². The SMILES string of the molecule is CCNC(=NCC1(C(=O)N(C)C)CCCC1)NCCCc1cccc(F)c1. The van der Waals surface area contributed by atoms with Crippen LogP contribution in [0.15, 0.2) is 29.3 Å². The molecule has 1 aliphatic carbocycles. The number of aliphatic imine (C=N–C) groups is 1. The smallest absolute Gasteiger partial charge is 0.230 e. The number of hydrogen-bond acceptors (Lipinski definition) is 2. The fourth-order valence-electron chi connectivity index (χ4n) is 3.73. The van der Waals surface area contributed by atoms with E-state index in [1.807, 2.05) is 27.1 Å². The highest BCUT2D eigenvalue weighted by Crippen LogP contribution is 2.39. The molecule has 150 valence electrons. The highest BCUT2D eigenvalue weighted by Gasteiger charge is 2.41. The Balaban J connectivity index is 1.90. The number of rotatable bonds is 8. The van der Waals surface area contributed by atoms with Crippen molar-refractivity contribution in [3.63, 3.8) is 0 Å². The van der Waals surface area contributed by atoms with E-state index in [4.69, 9.17) is 4.99 Å². The van der Waals surface area contributed by atoms with E-state index in [2.05, 4.69) is 10.6 Å². The summed E-state index contributed by atoms with van der Waals surface area (Å²) in [5, 5.41) is 6.59. The summed E-state index contributed by atoms with van der Waals surface area (Å²) < 4.78 is 13.2. The number of amides is 1. The summed E-state index contributed by atoms with van der Waals surface area (Å²) in [5.74, 6) is 0.739. The molecule has 0 atom stereocenters. The normalized spacial score (nSPS) is 16.2. The number of nitrogens with one attached hydrogen (secondary N) is 2. The number of benzene rings is 1. The molecule has 27 heavy (non-hydrogen) atoms. The second-order valence-electron chi connectivity index (χ2n) is 7.54. The monoisotopic (exact) mass is 376 g/mol. The molecule has 6 heteroatoms. The first kappa shape index (κ1) is 21.2. The molecule has 0 saturated heterocycles. The Hall–Kier alpha value is -2.11. The van der Waals surface area contributed by atoms with Crippen molar-refractivity contribution >= 4 is 11.9 Å². The third kappa shape index (κ3) is 6.22. The van der Waals surface area contributed by atoms with E-state index < -0.39 is 0 Å². The van der Waals surface area contributed by atoms with Crippen molar-refractivity contribution in [3.05, 3.63) is 35.6 Å². The van der Waals surface area contributed by atoms with Crippen LogP contribution in [0.25, 0.3) is 0 Å². The zero-order valence-corrected chi connectivity index (χ0v) is 16.9. The Morgan fingerprint density at radius 2 is 2.00 bits per heavy atom. The Bertz CT molecular complexity index is 639. The minimum atomic E-state index is -0.354. The van der Waals surface area contributed by atoms with E-state index in [0.717, 1.165) is 63.1 Å². The molecule has 0 radical (unpaired) electrons. The lowest BCUT2D eigenvalue weighted by Crippen LogP contribution is -2.43. The Labute approximate surface area is 162 Å². The van der Waals surface area contributed by atoms with Crippen molar-refractivity contribution in [2.75, 3.05) is 33.7 Å². The van der Waals surface area contributed by atoms with Crippen molar-refractivity contribution in [2.45, 2.75) is 45.4 Å². The Kier molecular flexibility index (Phi) is 8.07. The van der Waals surface area contributed by atoms with Crippen LogP contribution in [-0.4, -0.2) is 50.5 Å². The van der Waals surface area contributed by atoms with Gasteiger partial charge in [-0.15, -0.1) is 0 Å². The van der Waals surface area contributed by atoms with Crippen LogP contribution in [0.5, 0.6) is 0 Å². The van der Waals surface area contributed by atoms with Crippen molar-refractivity contribution in [2.24, 2.45) is 10.4 Å². The molecule has 0 bridgehead atoms. The van der Waals surface area contributed by atoms with Gasteiger partial charge in [-0.1, -0.05) is 25.0 Å². The molecule has 0 unspecified atom stereocenters. The zero-order chi connectivity index (χ0) is 19.7. The van der Waals surface area contributed by atoms with E-state index in [0.29, 0.717) is 6.54 Å². The summed E-state index contributed by atoms with van der Waals surface area (Å²) >= 11 is 0. The summed E-state index contributed by atoms with van der Waals surface area (Å²) in [4.78, 5) is 19.1. The quantitative estimate of drug-likeness (QED) is 0.417. The van der Waals surface area contributed by atoms with Gasteiger partial charge in [0, 0.05) is 27.2 Å². The van der Waals surface area contributed by atoms with Gasteiger partial charge in [-0.3, -0.25) is 9.79 Å². The number of aryl methyl sites for hydroxylation is 1. The van der Waals surface area contributed by atoms with E-state index in [1.165, 1.54) is 6.07 Å². The molecule has 1 fully saturated rings. The molecule has 2 rings (SSSR count). The number of nitrogens with zero attached hydrogens (tertiary/aromatic N) is 2. The molecule has 0 aliphatic heterocycles. The fraction of sp³-hybridized carbons (Fsp3) is 0.619. The molecule has 0 aromatic heterocycles. The van der Waals surface area contributed by atoms with E-state index in [1.54, 1.807) is 17.0 Å². The first-order valence-electron chi connectivity index (χ1n) is 9.95. The zero-order valence-electron chi connectivity index (χ0n) is 16.9. The van der Waals surface area contributed by atoms with E-state index >= 15 is 0 Å². The van der Waals surface area contributed by atoms with Crippen LogP contribution in [0, 0.1) is 11.2 Å². The maximum Gasteiger partial charge on any atom is 0.230 e. The minimum absolute atomic E-state index is 0.186. The average Bonchev–Trinajstić information content (AvgIpc) is 3.12. The van der Waals surface area contributed by atoms with Crippen LogP contribution in [0.2, 0.25) is 0 Å². The second kappa shape index (κ2) is 10.3. The van der Waals surface area contributed by atoms with Crippen molar-refractivity contribution in [1.82, 2.24) is 15.5 Å². The molecular formula is C21H33FN4O. The predicted octanol–water partition coefficient (Wildman–Crippen LogP) is 2.96. The molecule has 5 nitrogen and oxygen atoms in total. The maximum atomic E-state index is 13.2. The van der Waals surface area contributed by atoms with Gasteiger partial charge in [0.1, 0.15) is 5.82 Å². The van der Waals surface area contributed by atoms with Crippen LogP contribution < -0.4 is 10.6 Å². The summed E-state index contributed by atoms with van der Waals surface area (Å²) in [6, 6.07) is 6.73. The van der Waals surface area contributed by atoms with Gasteiger partial charge in [0.15, 0.2) is 5.96 Å². The number of halogens is 1. The molecule has 0 spiro atoms. The van der Waals surface area contributed by atoms with Gasteiger partial charge in [-0.25, -0.2) is 4.39 Å². The molecule has 0 heterocycles. The lowest BCUT2D eigenvalue weighted by molar-refractivity contribution is -0.138. The number of guanidine groups is 1. The van der Waals surface area contributed by atoms with Gasteiger partial charge in [0.25, 0.3) is 0 Å². The first-order chi connectivity index (χ1) is 13.0. The topological polar surface area (TPSA) is 56.7 Å². The summed E-state index contributed by atoms with van der Waals surface area (Å²) in [5.41, 5.74) is 0.646. The van der Waals surface area contributed by atoms with Crippen molar-refractivity contribution < 1.29 is 9.18 Å². The molecule has 1 aromatic carbocycles. The highest BCUT2D eigenvalue weighted by molar-refractivity contribution is 5.84. The van der Waals surface area contributed by atoms with Gasteiger partial charge in [-0.2, -0.15) is 0 Å². The summed E-state index contributed by atoms with van der Waals surface area (Å²) in [6.07, 6.45) is 5.70. The average molecular weight is 377 g/mol. The lowest BCUT2D eigenvalue weighted by atomic mass is 9.85. The molecule has 1 aromatic rings. The predicted molar refractivity (Wildman–Crippen MR) is 108 cm³/mol. The molecule has 2 N–H and O–H groups in total. The van der Waals surface area contributed by atoms with Crippen LogP contribution in [0.3, 0.4) is 0 Å². The van der Waals surface area contributed by atoms with Gasteiger partial charge < -0.3 is 15.5 Å². The lowest BCUT2D eigenvalue weighted by Gasteiger charge is -2.29. The fourth-order valence-corrected chi connectivity index (χ4v) is 3.73. The van der Waals surface area contributed by atoms with Gasteiger partial charge >= 0.3 is 0 Å². The van der Waals surface area contributed by atoms with Crippen LogP contribution in [-0.2, 0) is 11.2 Å².